The molecule has 3 rings (SSSR count). The van der Waals surface area contributed by atoms with E-state index < -0.39 is 5.82 Å². The monoisotopic (exact) mass is 348 g/mol. The van der Waals surface area contributed by atoms with Crippen LogP contribution in [0.15, 0.2) is 42.5 Å². The molecule has 0 radical (unpaired) electrons. The second-order valence-electron chi connectivity index (χ2n) is 5.60. The molecule has 2 aromatic rings. The number of hydrogen-bond donors (Lipinski definition) is 0. The van der Waals surface area contributed by atoms with Crippen LogP contribution in [0.3, 0.4) is 0 Å². The van der Waals surface area contributed by atoms with Gasteiger partial charge in [0.15, 0.2) is 0 Å². The third-order valence-electron chi connectivity index (χ3n) is 4.15. The van der Waals surface area contributed by atoms with Crippen molar-refractivity contribution in [2.24, 2.45) is 0 Å². The molecule has 0 atom stereocenters. The number of carbonyl (C=O) groups excluding carboxylic acids is 1. The van der Waals surface area contributed by atoms with Crippen molar-refractivity contribution in [1.82, 2.24) is 4.90 Å². The van der Waals surface area contributed by atoms with E-state index >= 15 is 0 Å². The molecule has 1 heterocycles. The summed E-state index contributed by atoms with van der Waals surface area (Å²) in [5.74, 6) is -0.0774. The van der Waals surface area contributed by atoms with Crippen LogP contribution in [-0.4, -0.2) is 44.1 Å². The second-order valence-corrected chi connectivity index (χ2v) is 6.04. The first kappa shape index (κ1) is 16.6. The van der Waals surface area contributed by atoms with Crippen LogP contribution in [0.1, 0.15) is 10.4 Å². The lowest BCUT2D eigenvalue weighted by molar-refractivity contribution is 0.0742. The number of piperazine rings is 1. The molecule has 2 aromatic carbocycles. The number of ether oxygens (including phenoxy) is 1. The van der Waals surface area contributed by atoms with Gasteiger partial charge in [0, 0.05) is 43.0 Å². The quantitative estimate of drug-likeness (QED) is 0.851. The van der Waals surface area contributed by atoms with Gasteiger partial charge in [0.25, 0.3) is 5.91 Å². The summed E-state index contributed by atoms with van der Waals surface area (Å²) in [6.45, 7) is 2.46. The molecular formula is C18H18ClFN2O2. The van der Waals surface area contributed by atoms with Crippen LogP contribution >= 0.6 is 11.6 Å². The van der Waals surface area contributed by atoms with Gasteiger partial charge in [-0.15, -0.1) is 0 Å². The van der Waals surface area contributed by atoms with Crippen molar-refractivity contribution in [2.75, 3.05) is 38.2 Å². The van der Waals surface area contributed by atoms with Crippen LogP contribution < -0.4 is 9.64 Å². The van der Waals surface area contributed by atoms with Gasteiger partial charge in [-0.3, -0.25) is 4.79 Å². The van der Waals surface area contributed by atoms with Gasteiger partial charge in [-0.1, -0.05) is 17.7 Å². The third kappa shape index (κ3) is 3.46. The zero-order chi connectivity index (χ0) is 17.1. The van der Waals surface area contributed by atoms with Gasteiger partial charge in [0.05, 0.1) is 12.7 Å². The summed E-state index contributed by atoms with van der Waals surface area (Å²) in [4.78, 5) is 16.3. The smallest absolute Gasteiger partial charge is 0.256 e. The van der Waals surface area contributed by atoms with E-state index in [4.69, 9.17) is 16.3 Å². The molecule has 1 fully saturated rings. The molecular weight excluding hydrogens is 331 g/mol. The molecule has 0 N–H and O–H groups in total. The summed E-state index contributed by atoms with van der Waals surface area (Å²) in [7, 11) is 1.64. The van der Waals surface area contributed by atoms with E-state index in [1.54, 1.807) is 12.0 Å². The Kier molecular flexibility index (Phi) is 4.90. The van der Waals surface area contributed by atoms with Gasteiger partial charge in [-0.05, 0) is 30.3 Å². The number of hydrogen-bond acceptors (Lipinski definition) is 3. The average molecular weight is 349 g/mol. The maximum absolute atomic E-state index is 13.9. The summed E-state index contributed by atoms with van der Waals surface area (Å²) in [5.41, 5.74) is 1.12. The van der Waals surface area contributed by atoms with Crippen LogP contribution in [0.25, 0.3) is 0 Å². The molecule has 0 spiro atoms. The molecule has 1 saturated heterocycles. The summed E-state index contributed by atoms with van der Waals surface area (Å²) in [6, 6.07) is 12.0. The highest BCUT2D eigenvalue weighted by atomic mass is 35.5. The summed E-state index contributed by atoms with van der Waals surface area (Å²) in [6.07, 6.45) is 0. The SMILES string of the molecule is COc1cccc(N2CCN(C(=O)c3ccc(Cl)cc3F)CC2)c1. The number of amides is 1. The minimum atomic E-state index is -0.581. The first-order valence-corrected chi connectivity index (χ1v) is 8.09. The van der Waals surface area contributed by atoms with Crippen molar-refractivity contribution in [3.63, 3.8) is 0 Å². The zero-order valence-corrected chi connectivity index (χ0v) is 14.1. The van der Waals surface area contributed by atoms with Gasteiger partial charge in [-0.2, -0.15) is 0 Å². The highest BCUT2D eigenvalue weighted by molar-refractivity contribution is 6.30. The summed E-state index contributed by atoms with van der Waals surface area (Å²) >= 11 is 5.74. The largest absolute Gasteiger partial charge is 0.497 e. The van der Waals surface area contributed by atoms with Gasteiger partial charge < -0.3 is 14.5 Å². The third-order valence-corrected chi connectivity index (χ3v) is 4.38. The molecule has 0 saturated carbocycles. The Balaban J connectivity index is 1.67. The molecule has 1 amide bonds. The molecule has 1 aliphatic rings. The number of rotatable bonds is 3. The number of carbonyl (C=O) groups is 1. The van der Waals surface area contributed by atoms with E-state index in [1.165, 1.54) is 18.2 Å². The first-order chi connectivity index (χ1) is 11.6. The van der Waals surface area contributed by atoms with Crippen molar-refractivity contribution >= 4 is 23.2 Å². The molecule has 6 heteroatoms. The highest BCUT2D eigenvalue weighted by Crippen LogP contribution is 2.23. The van der Waals surface area contributed by atoms with Crippen LogP contribution in [-0.2, 0) is 0 Å². The van der Waals surface area contributed by atoms with E-state index in [0.717, 1.165) is 11.4 Å². The van der Waals surface area contributed by atoms with Gasteiger partial charge >= 0.3 is 0 Å². The van der Waals surface area contributed by atoms with Gasteiger partial charge in [-0.25, -0.2) is 4.39 Å². The fourth-order valence-electron chi connectivity index (χ4n) is 2.81. The Morgan fingerprint density at radius 3 is 2.54 bits per heavy atom. The van der Waals surface area contributed by atoms with Crippen molar-refractivity contribution in [3.05, 3.63) is 58.9 Å². The number of benzene rings is 2. The fourth-order valence-corrected chi connectivity index (χ4v) is 2.97. The maximum atomic E-state index is 13.9. The number of halogens is 2. The van der Waals surface area contributed by atoms with Crippen molar-refractivity contribution < 1.29 is 13.9 Å². The van der Waals surface area contributed by atoms with E-state index in [1.807, 2.05) is 24.3 Å². The number of anilines is 1. The van der Waals surface area contributed by atoms with Crippen molar-refractivity contribution in [1.29, 1.82) is 0 Å². The lowest BCUT2D eigenvalue weighted by atomic mass is 10.1. The van der Waals surface area contributed by atoms with E-state index in [2.05, 4.69) is 4.90 Å². The molecule has 0 bridgehead atoms. The molecule has 0 unspecified atom stereocenters. The van der Waals surface area contributed by atoms with Crippen molar-refractivity contribution in [2.45, 2.75) is 0 Å². The number of nitrogens with zero attached hydrogens (tertiary/aromatic N) is 2. The molecule has 24 heavy (non-hydrogen) atoms. The Bertz CT molecular complexity index is 746. The van der Waals surface area contributed by atoms with Crippen LogP contribution in [0.5, 0.6) is 5.75 Å². The molecule has 126 valence electrons. The van der Waals surface area contributed by atoms with Crippen molar-refractivity contribution in [3.8, 4) is 5.75 Å². The Labute approximate surface area is 145 Å². The zero-order valence-electron chi connectivity index (χ0n) is 13.3. The lowest BCUT2D eigenvalue weighted by Gasteiger charge is -2.36. The standard InChI is InChI=1S/C18H18ClFN2O2/c1-24-15-4-2-3-14(12-15)21-7-9-22(10-8-21)18(23)16-6-5-13(19)11-17(16)20/h2-6,11-12H,7-10H2,1H3. The first-order valence-electron chi connectivity index (χ1n) is 7.72. The lowest BCUT2D eigenvalue weighted by Crippen LogP contribution is -2.49. The molecule has 0 aromatic heterocycles. The highest BCUT2D eigenvalue weighted by Gasteiger charge is 2.24. The number of methoxy groups -OCH3 is 1. The molecule has 0 aliphatic carbocycles. The van der Waals surface area contributed by atoms with Gasteiger partial charge in [0.1, 0.15) is 11.6 Å². The maximum Gasteiger partial charge on any atom is 0.256 e. The predicted molar refractivity (Wildman–Crippen MR) is 92.5 cm³/mol. The Morgan fingerprint density at radius 2 is 1.88 bits per heavy atom. The minimum Gasteiger partial charge on any atom is -0.497 e. The van der Waals surface area contributed by atoms with E-state index in [9.17, 15) is 9.18 Å². The fraction of sp³-hybridized carbons (Fsp3) is 0.278. The van der Waals surface area contributed by atoms with Crippen LogP contribution in [0, 0.1) is 5.82 Å². The summed E-state index contributed by atoms with van der Waals surface area (Å²) < 4.78 is 19.2. The predicted octanol–water partition coefficient (Wildman–Crippen LogP) is 3.45. The molecule has 1 aliphatic heterocycles. The van der Waals surface area contributed by atoms with Crippen LogP contribution in [0.4, 0.5) is 10.1 Å². The van der Waals surface area contributed by atoms with E-state index in [-0.39, 0.29) is 16.5 Å². The molecule has 4 nitrogen and oxygen atoms in total. The van der Waals surface area contributed by atoms with E-state index in [0.29, 0.717) is 26.2 Å². The average Bonchev–Trinajstić information content (AvgIpc) is 2.61. The second kappa shape index (κ2) is 7.09. The summed E-state index contributed by atoms with van der Waals surface area (Å²) in [5, 5.41) is 0.284. The Hall–Kier alpha value is -2.27. The Morgan fingerprint density at radius 1 is 1.12 bits per heavy atom. The topological polar surface area (TPSA) is 32.8 Å². The van der Waals surface area contributed by atoms with Gasteiger partial charge in [0.2, 0.25) is 0 Å². The minimum absolute atomic E-state index is 0.0641. The van der Waals surface area contributed by atoms with Crippen LogP contribution in [0.2, 0.25) is 5.02 Å². The normalized spacial score (nSPS) is 14.6.